The van der Waals surface area contributed by atoms with Crippen molar-refractivity contribution >= 4 is 16.9 Å². The molecule has 90 valence electrons. The summed E-state index contributed by atoms with van der Waals surface area (Å²) in [6.07, 6.45) is 6.55. The highest BCUT2D eigenvalue weighted by Crippen LogP contribution is 2.19. The molecule has 0 fully saturated rings. The van der Waals surface area contributed by atoms with Crippen molar-refractivity contribution in [3.05, 3.63) is 31.0 Å². The van der Waals surface area contributed by atoms with Gasteiger partial charge in [0.05, 0.1) is 11.6 Å². The van der Waals surface area contributed by atoms with Crippen molar-refractivity contribution in [3.63, 3.8) is 0 Å². The summed E-state index contributed by atoms with van der Waals surface area (Å²) in [5.41, 5.74) is 0.687. The second-order valence-corrected chi connectivity index (χ2v) is 3.60. The van der Waals surface area contributed by atoms with Crippen LogP contribution in [-0.2, 0) is 0 Å². The maximum absolute atomic E-state index is 4.26. The van der Waals surface area contributed by atoms with Crippen molar-refractivity contribution in [1.82, 2.24) is 29.7 Å². The van der Waals surface area contributed by atoms with E-state index in [-0.39, 0.29) is 0 Å². The van der Waals surface area contributed by atoms with E-state index in [4.69, 9.17) is 0 Å². The number of nitrogens with one attached hydrogen (secondary N) is 1. The van der Waals surface area contributed by atoms with Gasteiger partial charge in [0.25, 0.3) is 5.95 Å². The number of fused-ring (bicyclic) bond motifs is 1. The Labute approximate surface area is 103 Å². The van der Waals surface area contributed by atoms with Gasteiger partial charge in [-0.25, -0.2) is 19.9 Å². The van der Waals surface area contributed by atoms with Crippen molar-refractivity contribution in [2.75, 3.05) is 11.9 Å². The van der Waals surface area contributed by atoms with E-state index in [9.17, 15) is 0 Å². The Hall–Kier alpha value is -2.57. The fraction of sp³-hybridized carbons (Fsp3) is 0.182. The first-order chi connectivity index (χ1) is 8.90. The summed E-state index contributed by atoms with van der Waals surface area (Å²) in [6, 6.07) is 1.76. The van der Waals surface area contributed by atoms with Crippen LogP contribution in [0.25, 0.3) is 17.0 Å². The Morgan fingerprint density at radius 3 is 2.78 bits per heavy atom. The average Bonchev–Trinajstić information content (AvgIpc) is 2.85. The molecule has 0 saturated heterocycles. The van der Waals surface area contributed by atoms with E-state index in [0.717, 1.165) is 17.7 Å². The maximum atomic E-state index is 4.26. The summed E-state index contributed by atoms with van der Waals surface area (Å²) in [7, 11) is 0. The molecule has 0 radical (unpaired) electrons. The van der Waals surface area contributed by atoms with Crippen LogP contribution in [0.2, 0.25) is 0 Å². The highest BCUT2D eigenvalue weighted by molar-refractivity contribution is 5.86. The number of hydrogen-bond acceptors (Lipinski definition) is 6. The van der Waals surface area contributed by atoms with Gasteiger partial charge < -0.3 is 5.32 Å². The summed E-state index contributed by atoms with van der Waals surface area (Å²) in [6.45, 7) is 2.80. The number of anilines is 1. The Balaban J connectivity index is 2.18. The largest absolute Gasteiger partial charge is 0.370 e. The van der Waals surface area contributed by atoms with Gasteiger partial charge >= 0.3 is 0 Å². The zero-order valence-corrected chi connectivity index (χ0v) is 9.78. The molecule has 0 unspecified atom stereocenters. The lowest BCUT2D eigenvalue weighted by Gasteiger charge is -2.03. The minimum atomic E-state index is 0.494. The summed E-state index contributed by atoms with van der Waals surface area (Å²) >= 11 is 0. The molecule has 7 nitrogen and oxygen atoms in total. The molecule has 0 aliphatic heterocycles. The molecule has 0 amide bonds. The minimum absolute atomic E-state index is 0.494. The third-order valence-corrected chi connectivity index (χ3v) is 2.45. The van der Waals surface area contributed by atoms with Gasteiger partial charge in [0, 0.05) is 18.9 Å². The predicted molar refractivity (Wildman–Crippen MR) is 66.4 cm³/mol. The first-order valence-electron chi connectivity index (χ1n) is 5.60. The van der Waals surface area contributed by atoms with E-state index < -0.39 is 0 Å². The fourth-order valence-corrected chi connectivity index (χ4v) is 1.70. The molecule has 0 aliphatic carbocycles. The van der Waals surface area contributed by atoms with Gasteiger partial charge in [-0.3, -0.25) is 0 Å². The van der Waals surface area contributed by atoms with Crippen LogP contribution in [-0.4, -0.2) is 36.3 Å². The van der Waals surface area contributed by atoms with Crippen molar-refractivity contribution < 1.29 is 0 Å². The minimum Gasteiger partial charge on any atom is -0.370 e. The van der Waals surface area contributed by atoms with Gasteiger partial charge in [-0.05, 0) is 13.0 Å². The predicted octanol–water partition coefficient (Wildman–Crippen LogP) is 1.04. The van der Waals surface area contributed by atoms with Crippen LogP contribution in [0.5, 0.6) is 0 Å². The molecule has 3 heterocycles. The van der Waals surface area contributed by atoms with Gasteiger partial charge in [-0.2, -0.15) is 9.78 Å². The quantitative estimate of drug-likeness (QED) is 0.737. The summed E-state index contributed by atoms with van der Waals surface area (Å²) in [5.74, 6) is 1.26. The van der Waals surface area contributed by atoms with Crippen molar-refractivity contribution in [1.29, 1.82) is 0 Å². The first-order valence-corrected chi connectivity index (χ1v) is 5.60. The second kappa shape index (κ2) is 4.36. The zero-order chi connectivity index (χ0) is 12.4. The monoisotopic (exact) mass is 241 g/mol. The lowest BCUT2D eigenvalue weighted by Crippen LogP contribution is -2.04. The van der Waals surface area contributed by atoms with Gasteiger partial charge in [-0.1, -0.05) is 0 Å². The smallest absolute Gasteiger partial charge is 0.252 e. The molecule has 0 atom stereocenters. The van der Waals surface area contributed by atoms with Crippen LogP contribution >= 0.6 is 0 Å². The molecule has 1 N–H and O–H groups in total. The molecule has 3 rings (SSSR count). The maximum Gasteiger partial charge on any atom is 0.252 e. The Kier molecular flexibility index (Phi) is 2.56. The molecule has 3 aromatic rings. The van der Waals surface area contributed by atoms with E-state index in [0.29, 0.717) is 11.6 Å². The molecule has 0 spiro atoms. The van der Waals surface area contributed by atoms with Gasteiger partial charge in [0.2, 0.25) is 0 Å². The number of hydrogen-bond donors (Lipinski definition) is 1. The molecule has 0 saturated carbocycles. The second-order valence-electron chi connectivity index (χ2n) is 3.60. The van der Waals surface area contributed by atoms with E-state index in [1.807, 2.05) is 6.92 Å². The molecule has 0 bridgehead atoms. The van der Waals surface area contributed by atoms with Crippen LogP contribution in [0.4, 0.5) is 5.82 Å². The van der Waals surface area contributed by atoms with Gasteiger partial charge in [0.1, 0.15) is 12.1 Å². The molecule has 0 aromatic carbocycles. The molecule has 3 aromatic heterocycles. The Bertz CT molecular complexity index is 661. The number of nitrogens with zero attached hydrogens (tertiary/aromatic N) is 6. The third kappa shape index (κ3) is 1.65. The highest BCUT2D eigenvalue weighted by atomic mass is 15.4. The van der Waals surface area contributed by atoms with E-state index in [1.54, 1.807) is 29.3 Å². The average molecular weight is 241 g/mol. The van der Waals surface area contributed by atoms with Crippen LogP contribution < -0.4 is 5.32 Å². The zero-order valence-electron chi connectivity index (χ0n) is 9.78. The third-order valence-electron chi connectivity index (χ3n) is 2.45. The van der Waals surface area contributed by atoms with Gasteiger partial charge in [-0.15, -0.1) is 0 Å². The van der Waals surface area contributed by atoms with E-state index in [2.05, 4.69) is 30.4 Å². The van der Waals surface area contributed by atoms with Crippen molar-refractivity contribution in [2.24, 2.45) is 0 Å². The topological polar surface area (TPSA) is 81.4 Å². The first kappa shape index (κ1) is 10.6. The van der Waals surface area contributed by atoms with Crippen LogP contribution in [0.3, 0.4) is 0 Å². The summed E-state index contributed by atoms with van der Waals surface area (Å²) in [4.78, 5) is 16.7. The molecule has 18 heavy (non-hydrogen) atoms. The Morgan fingerprint density at radius 2 is 2.00 bits per heavy atom. The van der Waals surface area contributed by atoms with Crippen molar-refractivity contribution in [3.8, 4) is 5.95 Å². The fourth-order valence-electron chi connectivity index (χ4n) is 1.70. The van der Waals surface area contributed by atoms with Crippen molar-refractivity contribution in [2.45, 2.75) is 6.92 Å². The number of rotatable bonds is 3. The standard InChI is InChI=1S/C11H11N7/c1-2-12-9-8-6-17-18(10(8)16-7-15-9)11-13-4-3-5-14-11/h3-7H,2H2,1H3,(H,12,15,16). The lowest BCUT2D eigenvalue weighted by molar-refractivity contribution is 0.822. The molecule has 0 aliphatic rings. The van der Waals surface area contributed by atoms with Crippen LogP contribution in [0.1, 0.15) is 6.92 Å². The van der Waals surface area contributed by atoms with Crippen LogP contribution in [0, 0.1) is 0 Å². The molecular weight excluding hydrogens is 230 g/mol. The van der Waals surface area contributed by atoms with E-state index in [1.165, 1.54) is 6.33 Å². The Morgan fingerprint density at radius 1 is 1.17 bits per heavy atom. The van der Waals surface area contributed by atoms with E-state index >= 15 is 0 Å². The number of aromatic nitrogens is 6. The van der Waals surface area contributed by atoms with Crippen LogP contribution in [0.15, 0.2) is 31.0 Å². The summed E-state index contributed by atoms with van der Waals surface area (Å²) < 4.78 is 1.60. The van der Waals surface area contributed by atoms with Gasteiger partial charge in [0.15, 0.2) is 5.65 Å². The SMILES string of the molecule is CCNc1ncnc2c1cnn2-c1ncccn1. The highest BCUT2D eigenvalue weighted by Gasteiger charge is 2.11. The summed E-state index contributed by atoms with van der Waals surface area (Å²) in [5, 5.41) is 8.28. The normalized spacial score (nSPS) is 10.7. The molecular formula is C11H11N7. The lowest BCUT2D eigenvalue weighted by atomic mass is 10.4. The molecule has 7 heteroatoms.